The average Bonchev–Trinajstić information content (AvgIpc) is 3.17. The van der Waals surface area contributed by atoms with Crippen LogP contribution in [0.1, 0.15) is 51.9 Å². The maximum Gasteiger partial charge on any atom is 0.257 e. The third-order valence-electron chi connectivity index (χ3n) is 6.45. The summed E-state index contributed by atoms with van der Waals surface area (Å²) in [6.45, 7) is 1.95. The van der Waals surface area contributed by atoms with Crippen molar-refractivity contribution in [2.45, 2.75) is 74.4 Å². The Labute approximate surface area is 204 Å². The van der Waals surface area contributed by atoms with Gasteiger partial charge in [0.2, 0.25) is 11.8 Å². The SMILES string of the molecule is CCC(Sc1ncccn1)C(=O)N(C1CCCCC1)C1CC(=O)N(c2ccc(OC)cc2)C1=O. The van der Waals surface area contributed by atoms with Crippen molar-refractivity contribution < 1.29 is 19.1 Å². The van der Waals surface area contributed by atoms with Crippen molar-refractivity contribution in [2.24, 2.45) is 0 Å². The Morgan fingerprint density at radius 3 is 2.44 bits per heavy atom. The average molecular weight is 483 g/mol. The number of carbonyl (C=O) groups excluding carboxylic acids is 3. The van der Waals surface area contributed by atoms with Gasteiger partial charge in [0.05, 0.1) is 24.5 Å². The van der Waals surface area contributed by atoms with Crippen molar-refractivity contribution >= 4 is 35.2 Å². The maximum atomic E-state index is 13.9. The summed E-state index contributed by atoms with van der Waals surface area (Å²) in [5.74, 6) is -0.107. The molecule has 1 saturated heterocycles. The molecule has 2 heterocycles. The fourth-order valence-corrected chi connectivity index (χ4v) is 5.62. The van der Waals surface area contributed by atoms with Gasteiger partial charge < -0.3 is 9.64 Å². The molecule has 0 bridgehead atoms. The second-order valence-electron chi connectivity index (χ2n) is 8.57. The highest BCUT2D eigenvalue weighted by Gasteiger charge is 2.47. The highest BCUT2D eigenvalue weighted by molar-refractivity contribution is 8.00. The highest BCUT2D eigenvalue weighted by atomic mass is 32.2. The van der Waals surface area contributed by atoms with E-state index in [1.54, 1.807) is 54.7 Å². The lowest BCUT2D eigenvalue weighted by Gasteiger charge is -2.39. The van der Waals surface area contributed by atoms with E-state index in [0.717, 1.165) is 32.1 Å². The zero-order valence-corrected chi connectivity index (χ0v) is 20.4. The molecule has 180 valence electrons. The number of rotatable bonds is 8. The zero-order valence-electron chi connectivity index (χ0n) is 19.6. The molecular formula is C25H30N4O4S. The fourth-order valence-electron chi connectivity index (χ4n) is 4.73. The van der Waals surface area contributed by atoms with Gasteiger partial charge in [0, 0.05) is 18.4 Å². The second-order valence-corrected chi connectivity index (χ2v) is 9.74. The maximum absolute atomic E-state index is 13.9. The van der Waals surface area contributed by atoms with E-state index in [1.165, 1.54) is 16.7 Å². The van der Waals surface area contributed by atoms with Gasteiger partial charge in [-0.25, -0.2) is 14.9 Å². The topological polar surface area (TPSA) is 92.7 Å². The van der Waals surface area contributed by atoms with E-state index in [0.29, 0.717) is 23.0 Å². The lowest BCUT2D eigenvalue weighted by atomic mass is 9.92. The number of ether oxygens (including phenoxy) is 1. The Morgan fingerprint density at radius 1 is 1.15 bits per heavy atom. The number of imide groups is 1. The van der Waals surface area contributed by atoms with E-state index in [9.17, 15) is 14.4 Å². The summed E-state index contributed by atoms with van der Waals surface area (Å²) < 4.78 is 5.19. The Kier molecular flexibility index (Phi) is 7.82. The van der Waals surface area contributed by atoms with Crippen LogP contribution in [0.15, 0.2) is 47.9 Å². The smallest absolute Gasteiger partial charge is 0.257 e. The molecule has 2 aliphatic rings. The Balaban J connectivity index is 1.61. The molecule has 0 radical (unpaired) electrons. The van der Waals surface area contributed by atoms with Crippen molar-refractivity contribution in [1.82, 2.24) is 14.9 Å². The number of aromatic nitrogens is 2. The molecule has 0 N–H and O–H groups in total. The minimum atomic E-state index is -0.795. The quantitative estimate of drug-likeness (QED) is 0.321. The fraction of sp³-hybridized carbons (Fsp3) is 0.480. The van der Waals surface area contributed by atoms with Crippen LogP contribution in [0.5, 0.6) is 5.75 Å². The van der Waals surface area contributed by atoms with E-state index in [4.69, 9.17) is 4.74 Å². The summed E-state index contributed by atoms with van der Waals surface area (Å²) >= 11 is 1.31. The number of methoxy groups -OCH3 is 1. The molecule has 0 spiro atoms. The van der Waals surface area contributed by atoms with Gasteiger partial charge in [-0.2, -0.15) is 0 Å². The highest BCUT2D eigenvalue weighted by Crippen LogP contribution is 2.34. The summed E-state index contributed by atoms with van der Waals surface area (Å²) in [6, 6.07) is 7.72. The number of thioether (sulfide) groups is 1. The summed E-state index contributed by atoms with van der Waals surface area (Å²) in [6.07, 6.45) is 8.70. The van der Waals surface area contributed by atoms with Gasteiger partial charge in [0.1, 0.15) is 11.8 Å². The van der Waals surface area contributed by atoms with Crippen LogP contribution in [0.2, 0.25) is 0 Å². The van der Waals surface area contributed by atoms with Gasteiger partial charge in [0.25, 0.3) is 5.91 Å². The zero-order chi connectivity index (χ0) is 24.1. The number of carbonyl (C=O) groups is 3. The normalized spacial score (nSPS) is 19.8. The molecule has 3 amide bonds. The lowest BCUT2D eigenvalue weighted by molar-refractivity contribution is -0.141. The van der Waals surface area contributed by atoms with E-state index in [-0.39, 0.29) is 30.2 Å². The minimum absolute atomic E-state index is 0.00393. The van der Waals surface area contributed by atoms with Gasteiger partial charge in [-0.3, -0.25) is 14.4 Å². The van der Waals surface area contributed by atoms with Gasteiger partial charge in [0.15, 0.2) is 5.16 Å². The first kappa shape index (κ1) is 24.2. The molecule has 2 atom stereocenters. The molecule has 9 heteroatoms. The Bertz CT molecular complexity index is 1010. The van der Waals surface area contributed by atoms with Crippen LogP contribution in [-0.2, 0) is 14.4 Å². The lowest BCUT2D eigenvalue weighted by Crippen LogP contribution is -2.53. The van der Waals surface area contributed by atoms with Crippen LogP contribution < -0.4 is 9.64 Å². The van der Waals surface area contributed by atoms with Crippen LogP contribution in [0.3, 0.4) is 0 Å². The molecule has 8 nitrogen and oxygen atoms in total. The number of benzene rings is 1. The predicted molar refractivity (Wildman–Crippen MR) is 130 cm³/mol. The Morgan fingerprint density at radius 2 is 1.82 bits per heavy atom. The molecule has 1 aliphatic heterocycles. The number of hydrogen-bond donors (Lipinski definition) is 0. The van der Waals surface area contributed by atoms with Crippen molar-refractivity contribution in [3.63, 3.8) is 0 Å². The number of nitrogens with zero attached hydrogens (tertiary/aromatic N) is 4. The predicted octanol–water partition coefficient (Wildman–Crippen LogP) is 3.85. The van der Waals surface area contributed by atoms with Crippen LogP contribution >= 0.6 is 11.8 Å². The van der Waals surface area contributed by atoms with Gasteiger partial charge in [-0.15, -0.1) is 0 Å². The molecule has 2 unspecified atom stereocenters. The first-order valence-corrected chi connectivity index (χ1v) is 12.7. The molecule has 1 aliphatic carbocycles. The van der Waals surface area contributed by atoms with Crippen LogP contribution in [0.25, 0.3) is 0 Å². The van der Waals surface area contributed by atoms with Crippen molar-refractivity contribution in [1.29, 1.82) is 0 Å². The van der Waals surface area contributed by atoms with Crippen molar-refractivity contribution in [2.75, 3.05) is 12.0 Å². The second kappa shape index (κ2) is 11.0. The first-order valence-electron chi connectivity index (χ1n) is 11.8. The number of anilines is 1. The summed E-state index contributed by atoms with van der Waals surface area (Å²) in [5, 5.41) is 0.0993. The van der Waals surface area contributed by atoms with Crippen LogP contribution in [0.4, 0.5) is 5.69 Å². The van der Waals surface area contributed by atoms with E-state index < -0.39 is 11.3 Å². The minimum Gasteiger partial charge on any atom is -0.497 e. The molecule has 4 rings (SSSR count). The molecular weight excluding hydrogens is 452 g/mol. The van der Waals surface area contributed by atoms with E-state index in [2.05, 4.69) is 9.97 Å². The molecule has 1 saturated carbocycles. The number of amides is 3. The third-order valence-corrected chi connectivity index (χ3v) is 7.69. The van der Waals surface area contributed by atoms with E-state index >= 15 is 0 Å². The van der Waals surface area contributed by atoms with Gasteiger partial charge in [-0.05, 0) is 49.6 Å². The number of hydrogen-bond acceptors (Lipinski definition) is 7. The molecule has 2 fully saturated rings. The third kappa shape index (κ3) is 5.09. The monoisotopic (exact) mass is 482 g/mol. The molecule has 1 aromatic carbocycles. The van der Waals surface area contributed by atoms with Gasteiger partial charge >= 0.3 is 0 Å². The summed E-state index contributed by atoms with van der Waals surface area (Å²) in [4.78, 5) is 51.9. The van der Waals surface area contributed by atoms with E-state index in [1.807, 2.05) is 6.92 Å². The Hall–Kier alpha value is -2.94. The summed E-state index contributed by atoms with van der Waals surface area (Å²) in [7, 11) is 1.56. The molecule has 34 heavy (non-hydrogen) atoms. The van der Waals surface area contributed by atoms with Gasteiger partial charge in [-0.1, -0.05) is 37.9 Å². The summed E-state index contributed by atoms with van der Waals surface area (Å²) in [5.41, 5.74) is 0.494. The largest absolute Gasteiger partial charge is 0.497 e. The van der Waals surface area contributed by atoms with Crippen molar-refractivity contribution in [3.05, 3.63) is 42.7 Å². The molecule has 1 aromatic heterocycles. The molecule has 2 aromatic rings. The van der Waals surface area contributed by atoms with Crippen LogP contribution in [0, 0.1) is 0 Å². The standard InChI is InChI=1S/C25H30N4O4S/c1-3-21(34-25-26-14-7-15-27-25)24(32)28(17-8-5-4-6-9-17)20-16-22(30)29(23(20)31)18-10-12-19(33-2)13-11-18/h7,10-15,17,20-21H,3-6,8-9,16H2,1-2H3. The van der Waals surface area contributed by atoms with Crippen LogP contribution in [-0.4, -0.2) is 57.0 Å². The first-order chi connectivity index (χ1) is 16.5. The van der Waals surface area contributed by atoms with Crippen molar-refractivity contribution in [3.8, 4) is 5.75 Å².